The van der Waals surface area contributed by atoms with Crippen molar-refractivity contribution in [3.8, 4) is 23.8 Å². The summed E-state index contributed by atoms with van der Waals surface area (Å²) in [4.78, 5) is 17.0. The van der Waals surface area contributed by atoms with Crippen LogP contribution in [-0.4, -0.2) is 59.5 Å². The Kier molecular flexibility index (Phi) is 6.98. The van der Waals surface area contributed by atoms with Crippen LogP contribution in [-0.2, 0) is 4.79 Å². The second-order valence-corrected chi connectivity index (χ2v) is 9.21. The van der Waals surface area contributed by atoms with Crippen molar-refractivity contribution in [3.63, 3.8) is 0 Å². The van der Waals surface area contributed by atoms with Crippen LogP contribution in [0, 0.1) is 12.3 Å². The fourth-order valence-electron chi connectivity index (χ4n) is 4.08. The molecular formula is C27H25N5O2S. The molecule has 0 spiro atoms. The molecule has 35 heavy (non-hydrogen) atoms. The number of thioether (sulfide) groups is 1. The smallest absolute Gasteiger partial charge is 0.277 e. The van der Waals surface area contributed by atoms with Crippen LogP contribution in [0.3, 0.4) is 0 Å². The van der Waals surface area contributed by atoms with E-state index in [1.165, 1.54) is 11.8 Å². The fraction of sp³-hybridized carbons (Fsp3) is 0.222. The van der Waals surface area contributed by atoms with Crippen LogP contribution in [0.1, 0.15) is 0 Å². The van der Waals surface area contributed by atoms with Crippen molar-refractivity contribution in [1.82, 2.24) is 15.1 Å². The van der Waals surface area contributed by atoms with Crippen LogP contribution in [0.5, 0.6) is 0 Å². The van der Waals surface area contributed by atoms with Gasteiger partial charge in [0.1, 0.15) is 0 Å². The van der Waals surface area contributed by atoms with E-state index in [2.05, 4.69) is 37.3 Å². The molecule has 0 aliphatic carbocycles. The highest BCUT2D eigenvalue weighted by Gasteiger charge is 2.16. The van der Waals surface area contributed by atoms with Gasteiger partial charge in [-0.05, 0) is 47.2 Å². The number of anilines is 2. The summed E-state index contributed by atoms with van der Waals surface area (Å²) >= 11 is 1.22. The Morgan fingerprint density at radius 3 is 2.54 bits per heavy atom. The lowest BCUT2D eigenvalue weighted by atomic mass is 10.1. The number of terminal acetylenes is 1. The molecule has 1 aromatic heterocycles. The monoisotopic (exact) mass is 483 g/mol. The van der Waals surface area contributed by atoms with Crippen LogP contribution in [0.2, 0.25) is 0 Å². The van der Waals surface area contributed by atoms with Crippen molar-refractivity contribution >= 4 is 39.8 Å². The van der Waals surface area contributed by atoms with Gasteiger partial charge in [0, 0.05) is 43.1 Å². The SMILES string of the molecule is C#CCN1CCN(c2ccc(NC(=O)CSc3nnc(-c4ccc5ccccc5c4)o3)cc2)CC1. The molecule has 5 rings (SSSR count). The minimum atomic E-state index is -0.129. The van der Waals surface area contributed by atoms with Crippen molar-refractivity contribution in [2.75, 3.05) is 48.7 Å². The molecule has 0 atom stereocenters. The van der Waals surface area contributed by atoms with E-state index >= 15 is 0 Å². The number of hydrogen-bond acceptors (Lipinski definition) is 7. The highest BCUT2D eigenvalue weighted by molar-refractivity contribution is 7.99. The summed E-state index contributed by atoms with van der Waals surface area (Å²) in [5.41, 5.74) is 2.75. The molecule has 0 radical (unpaired) electrons. The van der Waals surface area contributed by atoms with Crippen molar-refractivity contribution in [2.45, 2.75) is 5.22 Å². The number of amides is 1. The van der Waals surface area contributed by atoms with E-state index in [0.29, 0.717) is 17.7 Å². The predicted octanol–water partition coefficient (Wildman–Crippen LogP) is 4.38. The molecular weight excluding hydrogens is 458 g/mol. The third-order valence-electron chi connectivity index (χ3n) is 5.93. The number of benzene rings is 3. The van der Waals surface area contributed by atoms with Gasteiger partial charge >= 0.3 is 0 Å². The zero-order chi connectivity index (χ0) is 24.0. The number of aromatic nitrogens is 2. The van der Waals surface area contributed by atoms with Gasteiger partial charge in [-0.15, -0.1) is 16.6 Å². The summed E-state index contributed by atoms with van der Waals surface area (Å²) in [6, 6.07) is 22.0. The average Bonchev–Trinajstić information content (AvgIpc) is 3.38. The Labute approximate surface area is 208 Å². The molecule has 176 valence electrons. The van der Waals surface area contributed by atoms with E-state index in [1.54, 1.807) is 0 Å². The third-order valence-corrected chi connectivity index (χ3v) is 6.75. The van der Waals surface area contributed by atoms with Gasteiger partial charge in [0.2, 0.25) is 11.8 Å². The number of carbonyl (C=O) groups excluding carboxylic acids is 1. The van der Waals surface area contributed by atoms with Crippen LogP contribution < -0.4 is 10.2 Å². The van der Waals surface area contributed by atoms with Gasteiger partial charge < -0.3 is 14.6 Å². The third kappa shape index (κ3) is 5.65. The largest absolute Gasteiger partial charge is 0.411 e. The highest BCUT2D eigenvalue weighted by atomic mass is 32.2. The molecule has 0 saturated carbocycles. The molecule has 1 saturated heterocycles. The summed E-state index contributed by atoms with van der Waals surface area (Å²) < 4.78 is 5.77. The summed E-state index contributed by atoms with van der Waals surface area (Å²) in [7, 11) is 0. The summed E-state index contributed by atoms with van der Waals surface area (Å²) in [6.45, 7) is 4.49. The first-order valence-electron chi connectivity index (χ1n) is 11.4. The van der Waals surface area contributed by atoms with Crippen molar-refractivity contribution in [2.24, 2.45) is 0 Å². The molecule has 4 aromatic rings. The second-order valence-electron chi connectivity index (χ2n) is 8.29. The molecule has 1 aliphatic rings. The Balaban J connectivity index is 1.12. The lowest BCUT2D eigenvalue weighted by Gasteiger charge is -2.35. The first-order chi connectivity index (χ1) is 17.2. The standard InChI is InChI=1S/C27H25N5O2S/c1-2-13-31-14-16-32(17-15-31)24-11-9-23(10-12-24)28-25(33)19-35-27-30-29-26(34-27)22-8-7-20-5-3-4-6-21(20)18-22/h1,3-12,18H,13-17,19H2,(H,28,33). The van der Waals surface area contributed by atoms with E-state index in [0.717, 1.165) is 53.9 Å². The van der Waals surface area contributed by atoms with Gasteiger partial charge in [0.25, 0.3) is 5.22 Å². The van der Waals surface area contributed by atoms with Crippen LogP contribution in [0.25, 0.3) is 22.2 Å². The normalized spacial score (nSPS) is 14.1. The first-order valence-corrected chi connectivity index (χ1v) is 12.4. The second kappa shape index (κ2) is 10.6. The van der Waals surface area contributed by atoms with Crippen LogP contribution >= 0.6 is 11.8 Å². The van der Waals surface area contributed by atoms with Gasteiger partial charge in [0.15, 0.2) is 0 Å². The number of fused-ring (bicyclic) bond motifs is 1. The molecule has 1 fully saturated rings. The molecule has 1 aliphatic heterocycles. The Bertz CT molecular complexity index is 1350. The molecule has 2 heterocycles. The average molecular weight is 484 g/mol. The number of carbonyl (C=O) groups is 1. The Morgan fingerprint density at radius 1 is 1.00 bits per heavy atom. The van der Waals surface area contributed by atoms with E-state index < -0.39 is 0 Å². The Hall–Kier alpha value is -3.80. The van der Waals surface area contributed by atoms with Crippen LogP contribution in [0.15, 0.2) is 76.4 Å². The van der Waals surface area contributed by atoms with E-state index in [4.69, 9.17) is 10.8 Å². The van der Waals surface area contributed by atoms with E-state index in [-0.39, 0.29) is 11.7 Å². The molecule has 1 N–H and O–H groups in total. The minimum Gasteiger partial charge on any atom is -0.411 e. The molecule has 0 bridgehead atoms. The van der Waals surface area contributed by atoms with Crippen molar-refractivity contribution in [3.05, 3.63) is 66.7 Å². The van der Waals surface area contributed by atoms with Gasteiger partial charge in [0.05, 0.1) is 12.3 Å². The van der Waals surface area contributed by atoms with Gasteiger partial charge in [-0.1, -0.05) is 48.0 Å². The molecule has 7 nitrogen and oxygen atoms in total. The summed E-state index contributed by atoms with van der Waals surface area (Å²) in [6.07, 6.45) is 5.40. The molecule has 3 aromatic carbocycles. The van der Waals surface area contributed by atoms with Crippen molar-refractivity contribution in [1.29, 1.82) is 0 Å². The number of nitrogens with one attached hydrogen (secondary N) is 1. The summed E-state index contributed by atoms with van der Waals surface area (Å²) in [5, 5.41) is 13.8. The highest BCUT2D eigenvalue weighted by Crippen LogP contribution is 2.26. The van der Waals surface area contributed by atoms with E-state index in [9.17, 15) is 4.79 Å². The zero-order valence-electron chi connectivity index (χ0n) is 19.2. The number of nitrogens with zero attached hydrogens (tertiary/aromatic N) is 4. The van der Waals surface area contributed by atoms with Gasteiger partial charge in [-0.2, -0.15) is 0 Å². The van der Waals surface area contributed by atoms with E-state index in [1.807, 2.05) is 60.7 Å². The first kappa shape index (κ1) is 23.0. The lowest BCUT2D eigenvalue weighted by Crippen LogP contribution is -2.46. The van der Waals surface area contributed by atoms with Gasteiger partial charge in [-0.25, -0.2) is 0 Å². The van der Waals surface area contributed by atoms with Crippen molar-refractivity contribution < 1.29 is 9.21 Å². The lowest BCUT2D eigenvalue weighted by molar-refractivity contribution is -0.113. The molecule has 8 heteroatoms. The number of piperazine rings is 1. The maximum atomic E-state index is 12.4. The maximum absolute atomic E-state index is 12.4. The number of hydrogen-bond donors (Lipinski definition) is 1. The minimum absolute atomic E-state index is 0.129. The van der Waals surface area contributed by atoms with Gasteiger partial charge in [-0.3, -0.25) is 9.69 Å². The summed E-state index contributed by atoms with van der Waals surface area (Å²) in [5.74, 6) is 3.19. The molecule has 1 amide bonds. The molecule has 0 unspecified atom stereocenters. The maximum Gasteiger partial charge on any atom is 0.277 e. The topological polar surface area (TPSA) is 74.5 Å². The zero-order valence-corrected chi connectivity index (χ0v) is 20.0. The van der Waals surface area contributed by atoms with Crippen LogP contribution in [0.4, 0.5) is 11.4 Å². The fourth-order valence-corrected chi connectivity index (χ4v) is 4.64. The predicted molar refractivity (Wildman–Crippen MR) is 141 cm³/mol. The Morgan fingerprint density at radius 2 is 1.77 bits per heavy atom. The number of rotatable bonds is 7. The quantitative estimate of drug-likeness (QED) is 0.309.